The Hall–Kier alpha value is -0.640. The van der Waals surface area contributed by atoms with E-state index in [0.717, 1.165) is 18.3 Å². The summed E-state index contributed by atoms with van der Waals surface area (Å²) in [6.07, 6.45) is 2.63. The van der Waals surface area contributed by atoms with Gasteiger partial charge in [-0.2, -0.15) is 0 Å². The first kappa shape index (κ1) is 10.4. The first-order chi connectivity index (χ1) is 6.05. The molecule has 1 fully saturated rings. The number of carbonyl (C=O) groups excluding carboxylic acids is 1. The van der Waals surface area contributed by atoms with Crippen LogP contribution in [0.3, 0.4) is 0 Å². The highest BCUT2D eigenvalue weighted by molar-refractivity contribution is 7.91. The standard InChI is InChI=1S/C9H14O3S/c1-8(4-5-10)9-3-2-6-13(11,12)7-9/h5,9H,1-4,6-7H2. The van der Waals surface area contributed by atoms with Gasteiger partial charge in [0, 0.05) is 6.42 Å². The molecule has 0 aromatic rings. The van der Waals surface area contributed by atoms with Crippen LogP contribution in [0.4, 0.5) is 0 Å². The van der Waals surface area contributed by atoms with Crippen LogP contribution in [0.1, 0.15) is 19.3 Å². The molecule has 0 saturated carbocycles. The number of hydrogen-bond acceptors (Lipinski definition) is 3. The van der Waals surface area contributed by atoms with Crippen molar-refractivity contribution in [2.24, 2.45) is 5.92 Å². The van der Waals surface area contributed by atoms with E-state index >= 15 is 0 Å². The molecule has 1 atom stereocenters. The molecule has 0 aromatic heterocycles. The molecule has 1 rings (SSSR count). The Kier molecular flexibility index (Phi) is 3.25. The van der Waals surface area contributed by atoms with Crippen molar-refractivity contribution >= 4 is 16.1 Å². The molecule has 0 aliphatic carbocycles. The quantitative estimate of drug-likeness (QED) is 0.506. The van der Waals surface area contributed by atoms with Gasteiger partial charge in [-0.15, -0.1) is 0 Å². The first-order valence-electron chi connectivity index (χ1n) is 4.37. The molecule has 0 bridgehead atoms. The van der Waals surface area contributed by atoms with E-state index in [9.17, 15) is 13.2 Å². The topological polar surface area (TPSA) is 51.2 Å². The predicted octanol–water partition coefficient (Wildman–Crippen LogP) is 0.956. The Labute approximate surface area is 78.8 Å². The van der Waals surface area contributed by atoms with Gasteiger partial charge < -0.3 is 4.79 Å². The minimum Gasteiger partial charge on any atom is -0.303 e. The molecule has 1 heterocycles. The lowest BCUT2D eigenvalue weighted by Gasteiger charge is -2.22. The maximum atomic E-state index is 11.2. The number of carbonyl (C=O) groups is 1. The number of rotatable bonds is 3. The molecule has 3 nitrogen and oxygen atoms in total. The summed E-state index contributed by atoms with van der Waals surface area (Å²) in [5.74, 6) is 0.473. The third kappa shape index (κ3) is 2.95. The second-order valence-corrected chi connectivity index (χ2v) is 5.71. The van der Waals surface area contributed by atoms with Gasteiger partial charge in [-0.1, -0.05) is 12.2 Å². The fourth-order valence-corrected chi connectivity index (χ4v) is 3.41. The van der Waals surface area contributed by atoms with Crippen LogP contribution in [0.2, 0.25) is 0 Å². The van der Waals surface area contributed by atoms with E-state index in [-0.39, 0.29) is 17.4 Å². The van der Waals surface area contributed by atoms with Crippen molar-refractivity contribution in [3.63, 3.8) is 0 Å². The molecule has 4 heteroatoms. The van der Waals surface area contributed by atoms with Gasteiger partial charge in [0.05, 0.1) is 11.5 Å². The lowest BCUT2D eigenvalue weighted by atomic mass is 9.95. The van der Waals surface area contributed by atoms with Gasteiger partial charge in [0.15, 0.2) is 9.84 Å². The fourth-order valence-electron chi connectivity index (χ4n) is 1.62. The van der Waals surface area contributed by atoms with Crippen molar-refractivity contribution in [1.29, 1.82) is 0 Å². The van der Waals surface area contributed by atoms with Crippen LogP contribution in [-0.4, -0.2) is 26.2 Å². The van der Waals surface area contributed by atoms with Crippen LogP contribution < -0.4 is 0 Å². The summed E-state index contributed by atoms with van der Waals surface area (Å²) in [4.78, 5) is 10.2. The summed E-state index contributed by atoms with van der Waals surface area (Å²) >= 11 is 0. The second kappa shape index (κ2) is 4.05. The molecular weight excluding hydrogens is 188 g/mol. The van der Waals surface area contributed by atoms with Crippen LogP contribution >= 0.6 is 0 Å². The zero-order chi connectivity index (χ0) is 9.90. The van der Waals surface area contributed by atoms with E-state index in [4.69, 9.17) is 0 Å². The molecule has 1 aliphatic heterocycles. The SMILES string of the molecule is C=C(CC=O)C1CCCS(=O)(=O)C1. The molecule has 0 radical (unpaired) electrons. The summed E-state index contributed by atoms with van der Waals surface area (Å²) < 4.78 is 22.5. The van der Waals surface area contributed by atoms with E-state index in [1.807, 2.05) is 0 Å². The average molecular weight is 202 g/mol. The van der Waals surface area contributed by atoms with E-state index in [2.05, 4.69) is 6.58 Å². The average Bonchev–Trinajstić information content (AvgIpc) is 2.03. The largest absolute Gasteiger partial charge is 0.303 e. The molecule has 74 valence electrons. The summed E-state index contributed by atoms with van der Waals surface area (Å²) in [6, 6.07) is 0. The molecule has 0 aromatic carbocycles. The minimum atomic E-state index is -2.87. The van der Waals surface area contributed by atoms with Crippen LogP contribution in [0, 0.1) is 5.92 Å². The summed E-state index contributed by atoms with van der Waals surface area (Å²) in [5.41, 5.74) is 0.762. The molecule has 1 aliphatic rings. The van der Waals surface area contributed by atoms with E-state index < -0.39 is 9.84 Å². The minimum absolute atomic E-state index is 0.00366. The van der Waals surface area contributed by atoms with Crippen molar-refractivity contribution in [2.75, 3.05) is 11.5 Å². The van der Waals surface area contributed by atoms with Crippen molar-refractivity contribution < 1.29 is 13.2 Å². The fraction of sp³-hybridized carbons (Fsp3) is 0.667. The highest BCUT2D eigenvalue weighted by atomic mass is 32.2. The number of aldehydes is 1. The van der Waals surface area contributed by atoms with Crippen LogP contribution in [0.15, 0.2) is 12.2 Å². The van der Waals surface area contributed by atoms with Gasteiger partial charge in [0.2, 0.25) is 0 Å². The monoisotopic (exact) mass is 202 g/mol. The summed E-state index contributed by atoms with van der Waals surface area (Å²) in [5, 5.41) is 0. The van der Waals surface area contributed by atoms with Crippen LogP contribution in [0.25, 0.3) is 0 Å². The Morgan fingerprint density at radius 1 is 1.54 bits per heavy atom. The Morgan fingerprint density at radius 2 is 2.23 bits per heavy atom. The zero-order valence-corrected chi connectivity index (χ0v) is 8.35. The van der Waals surface area contributed by atoms with E-state index in [1.54, 1.807) is 0 Å². The molecule has 1 unspecified atom stereocenters. The third-order valence-electron chi connectivity index (χ3n) is 2.39. The summed E-state index contributed by atoms with van der Waals surface area (Å²) in [7, 11) is -2.87. The maximum absolute atomic E-state index is 11.2. The van der Waals surface area contributed by atoms with Gasteiger partial charge in [-0.05, 0) is 18.8 Å². The van der Waals surface area contributed by atoms with Gasteiger partial charge >= 0.3 is 0 Å². The van der Waals surface area contributed by atoms with E-state index in [0.29, 0.717) is 12.8 Å². The third-order valence-corrected chi connectivity index (χ3v) is 4.21. The van der Waals surface area contributed by atoms with Gasteiger partial charge in [-0.25, -0.2) is 8.42 Å². The van der Waals surface area contributed by atoms with Crippen LogP contribution in [0.5, 0.6) is 0 Å². The van der Waals surface area contributed by atoms with Crippen molar-refractivity contribution in [1.82, 2.24) is 0 Å². The lowest BCUT2D eigenvalue weighted by molar-refractivity contribution is -0.107. The smallest absolute Gasteiger partial charge is 0.150 e. The summed E-state index contributed by atoms with van der Waals surface area (Å²) in [6.45, 7) is 3.74. The number of hydrogen-bond donors (Lipinski definition) is 0. The maximum Gasteiger partial charge on any atom is 0.150 e. The lowest BCUT2D eigenvalue weighted by Crippen LogP contribution is -2.26. The molecule has 0 N–H and O–H groups in total. The normalized spacial score (nSPS) is 26.6. The molecular formula is C9H14O3S. The second-order valence-electron chi connectivity index (χ2n) is 3.48. The molecule has 0 spiro atoms. The van der Waals surface area contributed by atoms with Gasteiger partial charge in [-0.3, -0.25) is 0 Å². The highest BCUT2D eigenvalue weighted by Crippen LogP contribution is 2.25. The first-order valence-corrected chi connectivity index (χ1v) is 6.19. The van der Waals surface area contributed by atoms with Crippen molar-refractivity contribution in [3.05, 3.63) is 12.2 Å². The highest BCUT2D eigenvalue weighted by Gasteiger charge is 2.25. The van der Waals surface area contributed by atoms with Crippen molar-refractivity contribution in [2.45, 2.75) is 19.3 Å². The van der Waals surface area contributed by atoms with Crippen LogP contribution in [-0.2, 0) is 14.6 Å². The Morgan fingerprint density at radius 3 is 2.77 bits per heavy atom. The van der Waals surface area contributed by atoms with Gasteiger partial charge in [0.1, 0.15) is 6.29 Å². The zero-order valence-electron chi connectivity index (χ0n) is 7.53. The Bertz CT molecular complexity index is 303. The molecule has 13 heavy (non-hydrogen) atoms. The Balaban J connectivity index is 2.61. The molecule has 1 saturated heterocycles. The molecule has 0 amide bonds. The van der Waals surface area contributed by atoms with Gasteiger partial charge in [0.25, 0.3) is 0 Å². The van der Waals surface area contributed by atoms with Crippen molar-refractivity contribution in [3.8, 4) is 0 Å². The number of allylic oxidation sites excluding steroid dienone is 1. The van der Waals surface area contributed by atoms with E-state index in [1.165, 1.54) is 0 Å². The predicted molar refractivity (Wildman–Crippen MR) is 51.2 cm³/mol. The number of sulfone groups is 1.